The summed E-state index contributed by atoms with van der Waals surface area (Å²) in [6.07, 6.45) is -0.934. The van der Waals surface area contributed by atoms with E-state index in [0.29, 0.717) is 17.0 Å². The Morgan fingerprint density at radius 1 is 0.947 bits per heavy atom. The summed E-state index contributed by atoms with van der Waals surface area (Å²) >= 11 is 0. The van der Waals surface area contributed by atoms with Crippen molar-refractivity contribution in [3.8, 4) is 22.4 Å². The second-order valence-electron chi connectivity index (χ2n) is 8.89. The first kappa shape index (κ1) is 24.6. The number of hydrogen-bond donors (Lipinski definition) is 2. The number of hydrogen-bond acceptors (Lipinski definition) is 6. The van der Waals surface area contributed by atoms with Gasteiger partial charge in [-0.25, -0.2) is 9.59 Å². The van der Waals surface area contributed by atoms with Gasteiger partial charge in [-0.05, 0) is 34.4 Å². The number of carbonyl (C=O) groups is 2. The number of nitro groups is 1. The van der Waals surface area contributed by atoms with Crippen molar-refractivity contribution in [3.05, 3.63) is 118 Å². The number of alkyl carbamates (subject to hydrolysis) is 1. The number of aromatic nitrogens is 1. The maximum Gasteiger partial charge on any atom is 0.407 e. The van der Waals surface area contributed by atoms with Crippen molar-refractivity contribution in [3.63, 3.8) is 0 Å². The summed E-state index contributed by atoms with van der Waals surface area (Å²) in [7, 11) is 0. The van der Waals surface area contributed by atoms with Gasteiger partial charge in [0.2, 0.25) is 0 Å². The molecule has 4 aromatic rings. The lowest BCUT2D eigenvalue weighted by Crippen LogP contribution is -2.43. The highest BCUT2D eigenvalue weighted by Gasteiger charge is 2.30. The van der Waals surface area contributed by atoms with Gasteiger partial charge in [0.25, 0.3) is 5.69 Å². The molecule has 0 radical (unpaired) electrons. The number of nitrogens with zero attached hydrogens (tertiary/aromatic N) is 2. The predicted octanol–water partition coefficient (Wildman–Crippen LogP) is 5.19. The molecule has 0 saturated carbocycles. The van der Waals surface area contributed by atoms with Crippen LogP contribution in [0.15, 0.2) is 91.0 Å². The molecule has 0 saturated heterocycles. The SMILES string of the molecule is O=C(NC(Cc1cccc(-c2cccc([N+](=O)[O-])c2)n1)C(=O)O)OCC1c2ccccc2-c2ccccc21. The van der Waals surface area contributed by atoms with E-state index < -0.39 is 23.0 Å². The maximum atomic E-state index is 12.6. The Balaban J connectivity index is 1.26. The van der Waals surface area contributed by atoms with Crippen LogP contribution in [-0.4, -0.2) is 39.7 Å². The van der Waals surface area contributed by atoms with Crippen LogP contribution in [0, 0.1) is 10.1 Å². The second kappa shape index (κ2) is 10.5. The van der Waals surface area contributed by atoms with Gasteiger partial charge in [-0.1, -0.05) is 66.7 Å². The number of aliphatic carboxylic acids is 1. The molecular formula is C29H23N3O6. The molecule has 1 amide bonds. The average Bonchev–Trinajstić information content (AvgIpc) is 3.25. The molecule has 190 valence electrons. The zero-order chi connectivity index (χ0) is 26.6. The number of fused-ring (bicyclic) bond motifs is 3. The standard InChI is InChI=1S/C29H23N3O6/c33-28(34)27(16-19-8-6-14-26(30-19)18-7-5-9-20(15-18)32(36)37)31-29(35)38-17-25-23-12-3-1-10-21(23)22-11-2-4-13-24(22)25/h1-15,25,27H,16-17H2,(H,31,35)(H,33,34). The number of carbonyl (C=O) groups excluding carboxylic acids is 1. The van der Waals surface area contributed by atoms with Crippen LogP contribution >= 0.6 is 0 Å². The summed E-state index contributed by atoms with van der Waals surface area (Å²) < 4.78 is 5.49. The van der Waals surface area contributed by atoms with Crippen LogP contribution in [0.5, 0.6) is 0 Å². The zero-order valence-electron chi connectivity index (χ0n) is 20.1. The number of nitro benzene ring substituents is 1. The van der Waals surface area contributed by atoms with Gasteiger partial charge in [0, 0.05) is 35.7 Å². The number of carboxylic acid groups (broad SMARTS) is 1. The molecule has 0 bridgehead atoms. The second-order valence-corrected chi connectivity index (χ2v) is 8.89. The van der Waals surface area contributed by atoms with Crippen LogP contribution in [0.1, 0.15) is 22.7 Å². The number of pyridine rings is 1. The summed E-state index contributed by atoms with van der Waals surface area (Å²) in [5.41, 5.74) is 5.60. The Labute approximate surface area is 217 Å². The molecule has 0 aliphatic heterocycles. The van der Waals surface area contributed by atoms with E-state index in [-0.39, 0.29) is 24.6 Å². The number of nitrogens with one attached hydrogen (secondary N) is 1. The van der Waals surface area contributed by atoms with Crippen molar-refractivity contribution in [2.75, 3.05) is 6.61 Å². The summed E-state index contributed by atoms with van der Waals surface area (Å²) in [6.45, 7) is 0.0622. The van der Waals surface area contributed by atoms with Crippen molar-refractivity contribution in [2.45, 2.75) is 18.4 Å². The van der Waals surface area contributed by atoms with Gasteiger partial charge in [-0.15, -0.1) is 0 Å². The normalized spacial score (nSPS) is 12.7. The first-order chi connectivity index (χ1) is 18.4. The highest BCUT2D eigenvalue weighted by Crippen LogP contribution is 2.44. The number of amides is 1. The molecule has 1 unspecified atom stereocenters. The Kier molecular flexibility index (Phi) is 6.82. The topological polar surface area (TPSA) is 132 Å². The lowest BCUT2D eigenvalue weighted by atomic mass is 9.98. The van der Waals surface area contributed by atoms with E-state index in [9.17, 15) is 24.8 Å². The Morgan fingerprint density at radius 2 is 1.61 bits per heavy atom. The number of benzene rings is 3. The predicted molar refractivity (Wildman–Crippen MR) is 140 cm³/mol. The van der Waals surface area contributed by atoms with Crippen molar-refractivity contribution in [1.29, 1.82) is 0 Å². The monoisotopic (exact) mass is 509 g/mol. The lowest BCUT2D eigenvalue weighted by Gasteiger charge is -2.17. The van der Waals surface area contributed by atoms with E-state index in [1.54, 1.807) is 30.3 Å². The van der Waals surface area contributed by atoms with Gasteiger partial charge in [0.15, 0.2) is 0 Å². The quantitative estimate of drug-likeness (QED) is 0.247. The first-order valence-corrected chi connectivity index (χ1v) is 12.0. The summed E-state index contributed by atoms with van der Waals surface area (Å²) in [6, 6.07) is 25.6. The van der Waals surface area contributed by atoms with Crippen molar-refractivity contribution < 1.29 is 24.4 Å². The van der Waals surface area contributed by atoms with Crippen LogP contribution < -0.4 is 5.32 Å². The molecule has 38 heavy (non-hydrogen) atoms. The van der Waals surface area contributed by atoms with Crippen LogP contribution in [0.3, 0.4) is 0 Å². The number of rotatable bonds is 8. The first-order valence-electron chi connectivity index (χ1n) is 12.0. The van der Waals surface area contributed by atoms with E-state index in [0.717, 1.165) is 22.3 Å². The third-order valence-electron chi connectivity index (χ3n) is 6.51. The maximum absolute atomic E-state index is 12.6. The van der Waals surface area contributed by atoms with Crippen molar-refractivity contribution >= 4 is 17.7 Å². The van der Waals surface area contributed by atoms with Crippen LogP contribution in [0.25, 0.3) is 22.4 Å². The fraction of sp³-hybridized carbons (Fsp3) is 0.138. The van der Waals surface area contributed by atoms with Gasteiger partial charge in [0.1, 0.15) is 12.6 Å². The van der Waals surface area contributed by atoms with E-state index in [4.69, 9.17) is 4.74 Å². The Bertz CT molecular complexity index is 1490. The number of non-ortho nitro benzene ring substituents is 1. The molecule has 2 N–H and O–H groups in total. The zero-order valence-corrected chi connectivity index (χ0v) is 20.1. The molecule has 1 aliphatic rings. The molecule has 0 fully saturated rings. The fourth-order valence-corrected chi connectivity index (χ4v) is 4.72. The molecule has 3 aromatic carbocycles. The van der Waals surface area contributed by atoms with E-state index in [1.165, 1.54) is 12.1 Å². The number of carboxylic acids is 1. The van der Waals surface area contributed by atoms with Crippen LogP contribution in [0.4, 0.5) is 10.5 Å². The summed E-state index contributed by atoms with van der Waals surface area (Å²) in [4.78, 5) is 39.6. The van der Waals surface area contributed by atoms with Crippen LogP contribution in [-0.2, 0) is 16.0 Å². The average molecular weight is 510 g/mol. The molecule has 5 rings (SSSR count). The minimum atomic E-state index is -1.28. The van der Waals surface area contributed by atoms with Gasteiger partial charge < -0.3 is 15.2 Å². The minimum Gasteiger partial charge on any atom is -0.480 e. The van der Waals surface area contributed by atoms with Gasteiger partial charge in [-0.3, -0.25) is 15.1 Å². The number of ether oxygens (including phenoxy) is 1. The fourth-order valence-electron chi connectivity index (χ4n) is 4.72. The van der Waals surface area contributed by atoms with Crippen molar-refractivity contribution in [1.82, 2.24) is 10.3 Å². The molecule has 0 spiro atoms. The van der Waals surface area contributed by atoms with E-state index in [1.807, 2.05) is 48.5 Å². The molecular weight excluding hydrogens is 486 g/mol. The van der Waals surface area contributed by atoms with Gasteiger partial charge >= 0.3 is 12.1 Å². The minimum absolute atomic E-state index is 0.0622. The van der Waals surface area contributed by atoms with Crippen LogP contribution in [0.2, 0.25) is 0 Å². The van der Waals surface area contributed by atoms with Gasteiger partial charge in [0.05, 0.1) is 10.6 Å². The van der Waals surface area contributed by atoms with Crippen molar-refractivity contribution in [2.24, 2.45) is 0 Å². The summed E-state index contributed by atoms with van der Waals surface area (Å²) in [5.74, 6) is -1.38. The Morgan fingerprint density at radius 3 is 2.26 bits per heavy atom. The third kappa shape index (κ3) is 5.08. The summed E-state index contributed by atoms with van der Waals surface area (Å²) in [5, 5.41) is 23.3. The lowest BCUT2D eigenvalue weighted by molar-refractivity contribution is -0.384. The molecule has 1 aromatic heterocycles. The Hall–Kier alpha value is -5.05. The van der Waals surface area contributed by atoms with Gasteiger partial charge in [-0.2, -0.15) is 0 Å². The molecule has 1 atom stereocenters. The molecule has 1 heterocycles. The van der Waals surface area contributed by atoms with E-state index in [2.05, 4.69) is 10.3 Å². The molecule has 1 aliphatic carbocycles. The highest BCUT2D eigenvalue weighted by molar-refractivity contribution is 5.81. The highest BCUT2D eigenvalue weighted by atomic mass is 16.6. The van der Waals surface area contributed by atoms with E-state index >= 15 is 0 Å². The molecule has 9 nitrogen and oxygen atoms in total. The molecule has 9 heteroatoms. The largest absolute Gasteiger partial charge is 0.480 e. The third-order valence-corrected chi connectivity index (χ3v) is 6.51. The smallest absolute Gasteiger partial charge is 0.407 e.